The number of hydrogen-bond donors (Lipinski definition) is 1. The van der Waals surface area contributed by atoms with Crippen LogP contribution in [0, 0.1) is 6.92 Å². The number of ether oxygens (including phenoxy) is 4. The third kappa shape index (κ3) is 5.37. The van der Waals surface area contributed by atoms with E-state index in [-0.39, 0.29) is 11.4 Å². The smallest absolute Gasteiger partial charge is 0.239 e. The number of methoxy groups -OCH3 is 2. The third-order valence-corrected chi connectivity index (χ3v) is 5.94. The van der Waals surface area contributed by atoms with E-state index in [0.29, 0.717) is 55.2 Å². The standard InChI is InChI=1S/C22H28N6O4S/c1-14-11-23-19(24-12-14)10-15(2)33-27-22-26-25-21(18-13-31-8-9-32-18)28(22)20-16(29-3)6-5-7-17(20)30-4/h5-7,11-12,15,18H,8-10,13H2,1-4H3,(H,26,27). The molecule has 33 heavy (non-hydrogen) atoms. The van der Waals surface area contributed by atoms with Gasteiger partial charge in [-0.25, -0.2) is 9.97 Å². The Kier molecular flexibility index (Phi) is 7.63. The van der Waals surface area contributed by atoms with E-state index in [1.54, 1.807) is 14.2 Å². The van der Waals surface area contributed by atoms with Crippen molar-refractivity contribution in [2.75, 3.05) is 38.8 Å². The predicted octanol–water partition coefficient (Wildman–Crippen LogP) is 3.16. The van der Waals surface area contributed by atoms with Crippen LogP contribution in [-0.4, -0.2) is 64.0 Å². The number of hydrogen-bond acceptors (Lipinski definition) is 10. The first-order valence-electron chi connectivity index (χ1n) is 10.7. The molecule has 1 N–H and O–H groups in total. The summed E-state index contributed by atoms with van der Waals surface area (Å²) in [5.74, 6) is 3.19. The molecule has 11 heteroatoms. The van der Waals surface area contributed by atoms with E-state index in [9.17, 15) is 0 Å². The number of rotatable bonds is 9. The zero-order valence-corrected chi connectivity index (χ0v) is 20.0. The predicted molar refractivity (Wildman–Crippen MR) is 125 cm³/mol. The molecule has 2 atom stereocenters. The number of benzene rings is 1. The Balaban J connectivity index is 1.63. The van der Waals surface area contributed by atoms with Crippen molar-refractivity contribution in [2.24, 2.45) is 0 Å². The normalized spacial score (nSPS) is 16.9. The van der Waals surface area contributed by atoms with Crippen LogP contribution in [0.5, 0.6) is 11.5 Å². The first kappa shape index (κ1) is 23.3. The number of nitrogens with one attached hydrogen (secondary N) is 1. The second-order valence-corrected chi connectivity index (χ2v) is 8.82. The van der Waals surface area contributed by atoms with Crippen molar-refractivity contribution < 1.29 is 18.9 Å². The van der Waals surface area contributed by atoms with Crippen molar-refractivity contribution in [1.29, 1.82) is 0 Å². The SMILES string of the molecule is COc1cccc(OC)c1-n1c(NSC(C)Cc2ncc(C)cn2)nnc1C1COCCO1. The van der Waals surface area contributed by atoms with Crippen molar-refractivity contribution in [2.45, 2.75) is 31.6 Å². The molecule has 0 saturated carbocycles. The molecule has 4 rings (SSSR count). The molecule has 1 aliphatic heterocycles. The van der Waals surface area contributed by atoms with Crippen LogP contribution >= 0.6 is 11.9 Å². The molecule has 0 radical (unpaired) electrons. The van der Waals surface area contributed by atoms with Gasteiger partial charge < -0.3 is 18.9 Å². The van der Waals surface area contributed by atoms with E-state index in [4.69, 9.17) is 18.9 Å². The van der Waals surface area contributed by atoms with Crippen LogP contribution < -0.4 is 14.2 Å². The molecule has 2 aromatic heterocycles. The maximum absolute atomic E-state index is 5.92. The van der Waals surface area contributed by atoms with E-state index in [1.165, 1.54) is 11.9 Å². The van der Waals surface area contributed by atoms with Crippen LogP contribution in [0.4, 0.5) is 5.95 Å². The van der Waals surface area contributed by atoms with Crippen molar-refractivity contribution in [3.63, 3.8) is 0 Å². The van der Waals surface area contributed by atoms with Crippen molar-refractivity contribution in [1.82, 2.24) is 24.7 Å². The summed E-state index contributed by atoms with van der Waals surface area (Å²) in [6.07, 6.45) is 4.00. The van der Waals surface area contributed by atoms with Gasteiger partial charge in [0.2, 0.25) is 5.95 Å². The molecule has 2 unspecified atom stereocenters. The zero-order valence-electron chi connectivity index (χ0n) is 19.1. The number of anilines is 1. The number of nitrogens with zero attached hydrogens (tertiary/aromatic N) is 5. The number of para-hydroxylation sites is 1. The molecule has 3 heterocycles. The minimum Gasteiger partial charge on any atom is -0.494 e. The quantitative estimate of drug-likeness (QED) is 0.467. The minimum atomic E-state index is -0.361. The summed E-state index contributed by atoms with van der Waals surface area (Å²) < 4.78 is 28.0. The fraction of sp³-hybridized carbons (Fsp3) is 0.455. The molecule has 1 fully saturated rings. The summed E-state index contributed by atoms with van der Waals surface area (Å²) in [5.41, 5.74) is 1.73. The molecule has 176 valence electrons. The van der Waals surface area contributed by atoms with Crippen molar-refractivity contribution in [3.8, 4) is 17.2 Å². The minimum absolute atomic E-state index is 0.176. The Labute approximate surface area is 197 Å². The Morgan fingerprint density at radius 3 is 2.52 bits per heavy atom. The van der Waals surface area contributed by atoms with E-state index in [0.717, 1.165) is 11.4 Å². The van der Waals surface area contributed by atoms with Crippen LogP contribution in [-0.2, 0) is 15.9 Å². The Morgan fingerprint density at radius 1 is 1.15 bits per heavy atom. The number of aromatic nitrogens is 5. The van der Waals surface area contributed by atoms with Gasteiger partial charge in [-0.05, 0) is 36.6 Å². The van der Waals surface area contributed by atoms with Crippen LogP contribution in [0.25, 0.3) is 5.69 Å². The van der Waals surface area contributed by atoms with Crippen LogP contribution in [0.1, 0.15) is 30.2 Å². The van der Waals surface area contributed by atoms with Gasteiger partial charge >= 0.3 is 0 Å². The second kappa shape index (κ2) is 10.8. The summed E-state index contributed by atoms with van der Waals surface area (Å²) in [5, 5.41) is 9.02. The van der Waals surface area contributed by atoms with Gasteiger partial charge in [-0.15, -0.1) is 10.2 Å². The Bertz CT molecular complexity index is 1030. The van der Waals surface area contributed by atoms with E-state index in [2.05, 4.69) is 31.8 Å². The van der Waals surface area contributed by atoms with E-state index in [1.807, 2.05) is 42.1 Å². The maximum Gasteiger partial charge on any atom is 0.239 e. The van der Waals surface area contributed by atoms with Gasteiger partial charge in [0.05, 0.1) is 34.0 Å². The molecule has 1 aliphatic rings. The van der Waals surface area contributed by atoms with E-state index < -0.39 is 0 Å². The second-order valence-electron chi connectivity index (χ2n) is 7.57. The molecule has 1 saturated heterocycles. The van der Waals surface area contributed by atoms with Gasteiger partial charge in [0.1, 0.15) is 29.1 Å². The van der Waals surface area contributed by atoms with Gasteiger partial charge in [0.15, 0.2) is 5.82 Å². The average Bonchev–Trinajstić information content (AvgIpc) is 3.27. The summed E-state index contributed by atoms with van der Waals surface area (Å²) in [7, 11) is 3.24. The summed E-state index contributed by atoms with van der Waals surface area (Å²) in [6, 6.07) is 5.61. The van der Waals surface area contributed by atoms with Crippen LogP contribution in [0.3, 0.4) is 0 Å². The molecule has 10 nitrogen and oxygen atoms in total. The average molecular weight is 473 g/mol. The fourth-order valence-electron chi connectivity index (χ4n) is 3.46. The first-order valence-corrected chi connectivity index (χ1v) is 11.5. The molecule has 3 aromatic rings. The highest BCUT2D eigenvalue weighted by molar-refractivity contribution is 8.01. The molecule has 1 aromatic carbocycles. The molecule has 0 spiro atoms. The van der Waals surface area contributed by atoms with Crippen LogP contribution in [0.2, 0.25) is 0 Å². The first-order chi connectivity index (χ1) is 16.1. The Morgan fingerprint density at radius 2 is 1.88 bits per heavy atom. The van der Waals surface area contributed by atoms with Crippen molar-refractivity contribution in [3.05, 3.63) is 47.8 Å². The number of aryl methyl sites for hydroxylation is 1. The van der Waals surface area contributed by atoms with Crippen molar-refractivity contribution >= 4 is 17.9 Å². The summed E-state index contributed by atoms with van der Waals surface area (Å²) >= 11 is 1.52. The Hall–Kier alpha value is -2.89. The maximum atomic E-state index is 5.92. The monoisotopic (exact) mass is 472 g/mol. The molecule has 0 bridgehead atoms. The highest BCUT2D eigenvalue weighted by Gasteiger charge is 2.29. The van der Waals surface area contributed by atoms with Gasteiger partial charge in [-0.1, -0.05) is 13.0 Å². The van der Waals surface area contributed by atoms with Gasteiger partial charge in [-0.3, -0.25) is 9.29 Å². The molecular formula is C22H28N6O4S. The largest absolute Gasteiger partial charge is 0.494 e. The highest BCUT2D eigenvalue weighted by atomic mass is 32.2. The van der Waals surface area contributed by atoms with Gasteiger partial charge in [-0.2, -0.15) is 0 Å². The highest BCUT2D eigenvalue weighted by Crippen LogP contribution is 2.37. The molecule has 0 amide bonds. The fourth-order valence-corrected chi connectivity index (χ4v) is 4.13. The zero-order chi connectivity index (χ0) is 23.2. The molecule has 0 aliphatic carbocycles. The summed E-state index contributed by atoms with van der Waals surface area (Å²) in [6.45, 7) is 5.52. The summed E-state index contributed by atoms with van der Waals surface area (Å²) in [4.78, 5) is 8.80. The lowest BCUT2D eigenvalue weighted by Crippen LogP contribution is -2.25. The lowest BCUT2D eigenvalue weighted by molar-refractivity contribution is -0.0941. The lowest BCUT2D eigenvalue weighted by atomic mass is 10.2. The van der Waals surface area contributed by atoms with Crippen LogP contribution in [0.15, 0.2) is 30.6 Å². The molecular weight excluding hydrogens is 444 g/mol. The van der Waals surface area contributed by atoms with Gasteiger partial charge in [0, 0.05) is 24.1 Å². The van der Waals surface area contributed by atoms with E-state index >= 15 is 0 Å². The lowest BCUT2D eigenvalue weighted by Gasteiger charge is -2.24. The third-order valence-electron chi connectivity index (χ3n) is 5.07. The van der Waals surface area contributed by atoms with Gasteiger partial charge in [0.25, 0.3) is 0 Å². The topological polar surface area (TPSA) is 105 Å².